The van der Waals surface area contributed by atoms with Gasteiger partial charge in [-0.2, -0.15) is 0 Å². The number of amides is 1. The van der Waals surface area contributed by atoms with Gasteiger partial charge in [-0.05, 0) is 36.4 Å². The third-order valence-electron chi connectivity index (χ3n) is 5.50. The Hall–Kier alpha value is -4.18. The first-order valence-electron chi connectivity index (χ1n) is 10.9. The number of nitrogens with zero attached hydrogens (tertiary/aromatic N) is 2. The first-order valence-corrected chi connectivity index (χ1v) is 11.9. The highest BCUT2D eigenvalue weighted by atomic mass is 32.2. The first-order chi connectivity index (χ1) is 17.2. The van der Waals surface area contributed by atoms with Crippen molar-refractivity contribution in [2.75, 3.05) is 24.3 Å². The number of nitrogens with one attached hydrogen (secondary N) is 1. The number of hydrogen-bond acceptors (Lipinski definition) is 8. The van der Waals surface area contributed by atoms with Gasteiger partial charge in [-0.1, -0.05) is 23.9 Å². The molecule has 0 saturated carbocycles. The molecule has 4 heterocycles. The number of fused-ring (bicyclic) bond motifs is 4. The molecule has 0 unspecified atom stereocenters. The van der Waals surface area contributed by atoms with Crippen LogP contribution in [0, 0.1) is 0 Å². The van der Waals surface area contributed by atoms with Crippen LogP contribution in [0.15, 0.2) is 79.6 Å². The summed E-state index contributed by atoms with van der Waals surface area (Å²) >= 11 is 1.17. The number of para-hydroxylation sites is 1. The molecule has 0 spiro atoms. The largest absolute Gasteiger partial charge is 0.486 e. The predicted molar refractivity (Wildman–Crippen MR) is 130 cm³/mol. The van der Waals surface area contributed by atoms with Crippen LogP contribution in [0.1, 0.15) is 5.76 Å². The van der Waals surface area contributed by atoms with Gasteiger partial charge in [0.25, 0.3) is 5.56 Å². The van der Waals surface area contributed by atoms with Crippen LogP contribution >= 0.6 is 11.8 Å². The first kappa shape index (κ1) is 21.4. The molecule has 5 aromatic rings. The molecule has 0 aliphatic carbocycles. The van der Waals surface area contributed by atoms with Gasteiger partial charge in [-0.15, -0.1) is 0 Å². The van der Waals surface area contributed by atoms with E-state index in [-0.39, 0.29) is 29.3 Å². The Morgan fingerprint density at radius 3 is 2.77 bits per heavy atom. The summed E-state index contributed by atoms with van der Waals surface area (Å²) in [6, 6.07) is 16.1. The van der Waals surface area contributed by atoms with Crippen molar-refractivity contribution in [3.05, 3.63) is 77.0 Å². The van der Waals surface area contributed by atoms with Crippen LogP contribution in [-0.2, 0) is 11.3 Å². The molecule has 6 rings (SSSR count). The Bertz CT molecular complexity index is 1610. The number of aromatic nitrogens is 2. The highest BCUT2D eigenvalue weighted by Crippen LogP contribution is 2.33. The Kier molecular flexibility index (Phi) is 5.42. The zero-order valence-electron chi connectivity index (χ0n) is 18.4. The predicted octanol–water partition coefficient (Wildman–Crippen LogP) is 4.29. The van der Waals surface area contributed by atoms with Gasteiger partial charge in [0.1, 0.15) is 30.1 Å². The number of rotatable bonds is 6. The van der Waals surface area contributed by atoms with Crippen molar-refractivity contribution in [2.24, 2.45) is 0 Å². The fraction of sp³-hybridized carbons (Fsp3) is 0.160. The smallest absolute Gasteiger partial charge is 0.298 e. The van der Waals surface area contributed by atoms with Crippen LogP contribution in [-0.4, -0.2) is 34.4 Å². The van der Waals surface area contributed by atoms with E-state index in [2.05, 4.69) is 5.32 Å². The molecule has 35 heavy (non-hydrogen) atoms. The summed E-state index contributed by atoms with van der Waals surface area (Å²) in [6.45, 7) is 1.13. The van der Waals surface area contributed by atoms with Gasteiger partial charge in [0, 0.05) is 17.1 Å². The molecule has 1 amide bonds. The third-order valence-corrected chi connectivity index (χ3v) is 6.48. The summed E-state index contributed by atoms with van der Waals surface area (Å²) < 4.78 is 23.8. The molecule has 10 heteroatoms. The van der Waals surface area contributed by atoms with Crippen molar-refractivity contribution in [2.45, 2.75) is 11.7 Å². The number of carbonyl (C=O) groups excluding carboxylic acids is 1. The van der Waals surface area contributed by atoms with Crippen LogP contribution < -0.4 is 20.3 Å². The van der Waals surface area contributed by atoms with Crippen molar-refractivity contribution < 1.29 is 23.1 Å². The second-order valence-electron chi connectivity index (χ2n) is 7.84. The third kappa shape index (κ3) is 4.12. The molecule has 1 aliphatic rings. The SMILES string of the molecule is O=C(CSc1nc2c(oc3ccccc32)c(=O)n1Cc1ccco1)Nc1ccc2c(c1)OCCO2. The molecule has 9 nitrogen and oxygen atoms in total. The lowest BCUT2D eigenvalue weighted by atomic mass is 10.2. The Labute approximate surface area is 202 Å². The lowest BCUT2D eigenvalue weighted by Gasteiger charge is -2.19. The second kappa shape index (κ2) is 8.88. The molecule has 0 atom stereocenters. The monoisotopic (exact) mass is 489 g/mol. The minimum atomic E-state index is -0.336. The summed E-state index contributed by atoms with van der Waals surface area (Å²) in [6.07, 6.45) is 1.54. The number of thioether (sulfide) groups is 1. The Morgan fingerprint density at radius 2 is 1.91 bits per heavy atom. The van der Waals surface area contributed by atoms with E-state index in [0.29, 0.717) is 52.4 Å². The number of anilines is 1. The van der Waals surface area contributed by atoms with E-state index in [0.717, 1.165) is 5.39 Å². The van der Waals surface area contributed by atoms with Gasteiger partial charge in [-0.3, -0.25) is 14.2 Å². The van der Waals surface area contributed by atoms with Crippen LogP contribution in [0.3, 0.4) is 0 Å². The summed E-state index contributed by atoms with van der Waals surface area (Å²) in [5.41, 5.74) is 1.48. The van der Waals surface area contributed by atoms with Crippen molar-refractivity contribution in [1.82, 2.24) is 9.55 Å². The minimum Gasteiger partial charge on any atom is -0.486 e. The van der Waals surface area contributed by atoms with Gasteiger partial charge >= 0.3 is 0 Å². The number of benzene rings is 2. The number of carbonyl (C=O) groups is 1. The van der Waals surface area contributed by atoms with E-state index < -0.39 is 0 Å². The molecular formula is C25H19N3O6S. The summed E-state index contributed by atoms with van der Waals surface area (Å²) in [4.78, 5) is 30.8. The fourth-order valence-corrected chi connectivity index (χ4v) is 4.70. The highest BCUT2D eigenvalue weighted by molar-refractivity contribution is 7.99. The Morgan fingerprint density at radius 1 is 1.06 bits per heavy atom. The summed E-state index contributed by atoms with van der Waals surface area (Å²) in [5.74, 6) is 1.62. The maximum absolute atomic E-state index is 13.4. The number of furan rings is 2. The van der Waals surface area contributed by atoms with E-state index in [9.17, 15) is 9.59 Å². The van der Waals surface area contributed by atoms with Crippen molar-refractivity contribution in [1.29, 1.82) is 0 Å². The molecule has 0 saturated heterocycles. The van der Waals surface area contributed by atoms with Crippen LogP contribution in [0.25, 0.3) is 22.1 Å². The van der Waals surface area contributed by atoms with E-state index in [1.165, 1.54) is 16.3 Å². The maximum Gasteiger partial charge on any atom is 0.298 e. The number of hydrogen-bond donors (Lipinski definition) is 1. The molecule has 2 aromatic carbocycles. The standard InChI is InChI=1S/C25H19N3O6S/c29-21(26-15-7-8-19-20(12-15)33-11-10-32-19)14-35-25-27-22-17-5-1-2-6-18(17)34-23(22)24(30)28(25)13-16-4-3-9-31-16/h1-9,12H,10-11,13-14H2,(H,26,29). The van der Waals surface area contributed by atoms with E-state index >= 15 is 0 Å². The van der Waals surface area contributed by atoms with E-state index in [1.807, 2.05) is 18.2 Å². The molecule has 176 valence electrons. The topological polar surface area (TPSA) is 109 Å². The molecule has 1 N–H and O–H groups in total. The number of ether oxygens (including phenoxy) is 2. The van der Waals surface area contributed by atoms with Gasteiger partial charge in [-0.25, -0.2) is 4.98 Å². The van der Waals surface area contributed by atoms with Crippen LogP contribution in [0.5, 0.6) is 11.5 Å². The fourth-order valence-electron chi connectivity index (χ4n) is 3.91. The molecule has 0 radical (unpaired) electrons. The van der Waals surface area contributed by atoms with Crippen LogP contribution in [0.4, 0.5) is 5.69 Å². The quantitative estimate of drug-likeness (QED) is 0.278. The zero-order chi connectivity index (χ0) is 23.8. The average molecular weight is 490 g/mol. The summed E-state index contributed by atoms with van der Waals surface area (Å²) in [5, 5.41) is 3.99. The molecule has 1 aliphatic heterocycles. The second-order valence-corrected chi connectivity index (χ2v) is 8.78. The molecule has 3 aromatic heterocycles. The van der Waals surface area contributed by atoms with Crippen molar-refractivity contribution in [3.63, 3.8) is 0 Å². The highest BCUT2D eigenvalue weighted by Gasteiger charge is 2.20. The molecule has 0 fully saturated rings. The van der Waals surface area contributed by atoms with Crippen molar-refractivity contribution in [3.8, 4) is 11.5 Å². The lowest BCUT2D eigenvalue weighted by molar-refractivity contribution is -0.113. The van der Waals surface area contributed by atoms with E-state index in [1.54, 1.807) is 42.7 Å². The lowest BCUT2D eigenvalue weighted by Crippen LogP contribution is -2.24. The van der Waals surface area contributed by atoms with Gasteiger partial charge in [0.2, 0.25) is 11.5 Å². The molecule has 0 bridgehead atoms. The molecular weight excluding hydrogens is 470 g/mol. The van der Waals surface area contributed by atoms with Gasteiger partial charge < -0.3 is 23.6 Å². The normalized spacial score (nSPS) is 12.8. The van der Waals surface area contributed by atoms with Gasteiger partial charge in [0.15, 0.2) is 16.7 Å². The average Bonchev–Trinajstić information content (AvgIpc) is 3.53. The summed E-state index contributed by atoms with van der Waals surface area (Å²) in [7, 11) is 0. The van der Waals surface area contributed by atoms with E-state index in [4.69, 9.17) is 23.3 Å². The zero-order valence-corrected chi connectivity index (χ0v) is 19.2. The minimum absolute atomic E-state index is 0.0420. The van der Waals surface area contributed by atoms with Crippen molar-refractivity contribution >= 4 is 45.4 Å². The van der Waals surface area contributed by atoms with Crippen LogP contribution in [0.2, 0.25) is 0 Å². The van der Waals surface area contributed by atoms with Gasteiger partial charge in [0.05, 0.1) is 18.6 Å². The maximum atomic E-state index is 13.4. The Balaban J connectivity index is 1.29.